The summed E-state index contributed by atoms with van der Waals surface area (Å²) in [5.74, 6) is -8.39. The van der Waals surface area contributed by atoms with Crippen LogP contribution < -0.4 is 58.2 Å². The lowest BCUT2D eigenvalue weighted by Gasteiger charge is -2.46. The number of aliphatic hydroxyl groups excluding tert-OH is 13. The Hall–Kier alpha value is -8.10. The van der Waals surface area contributed by atoms with Crippen LogP contribution in [-0.2, 0) is 65.5 Å². The standard InChI is InChI=1S/C62H86N12O26/c1-25(28-6-4-3-5-7-28)39-55(91)68-31(16-26-8-14-30(15-9-26)96-59-51(88)48(85)52(36(22-77)98-59)100-60-50(87)47(84)45(82)37(99-60)24-95-23-27-10-12-29(94-2)13-11-27)54(90)72-40(42(79)32-17-66-61(63)70-32)57(93)73-41(56(92)69-33(20-75)53(89)65-19-38(78)71-39)43(80)34-18-67-62(64)74(34)58-49(86)46(83)44(81)35(21-76)97-58/h3-15,25,31-37,39-52,58-60,75-77,79-88H,16-24H2,1-2H3,(H2,64,67)(H,65,89)(H,68,91)(H,69,92)(H,71,78)(H,72,90)(H,73,93)(H3,63,66,70)/t25-,31+,32-,33-,34-,35+,36+,37+,39-,40-,41+,42-,43-,44+,45+,46-,47-,48+,49-,50-,51-,52+,58-,59-,60+/m0/s1. The average Bonchev–Trinajstić information content (AvgIpc) is 1.50. The molecule has 6 heterocycles. The zero-order valence-electron chi connectivity index (χ0n) is 53.9. The number of carbonyl (C=O) groups is 6. The summed E-state index contributed by atoms with van der Waals surface area (Å²) < 4.78 is 40.0. The van der Waals surface area contributed by atoms with Crippen LogP contribution in [0.5, 0.6) is 11.5 Å². The maximum atomic E-state index is 15.2. The van der Waals surface area contributed by atoms with Crippen LogP contribution in [0.2, 0.25) is 0 Å². The van der Waals surface area contributed by atoms with E-state index in [4.69, 9.17) is 44.6 Å². The summed E-state index contributed by atoms with van der Waals surface area (Å²) in [6.07, 6.45) is -31.5. The molecule has 550 valence electrons. The SMILES string of the molecule is COc1ccc(COC[C@H]2O[C@H](O[C@H]3[C@H](O)[C@H](O)[C@@H](Oc4ccc(C[C@H]5NC(=O)[C@H]([C@@H](C)c6ccccc6)NC(=O)CNC(=O)[C@H](CO)NC(=O)[C@@H]([C@@H](O)[C@@H]6CN=C(N)N6[C@H]6O[C@H](CO)[C@@H](O)[C@H](O)[C@@H]6O)NC(=O)[C@H]([C@@H](O)[C@@H]6CN=C(N)N6)NC5=O)cc4)O[C@@H]3CO)[C@@H](O)[C@@H](O)[C@@H]2O)cc1. The number of carbonyl (C=O) groups excluding carboxylic acids is 6. The van der Waals surface area contributed by atoms with Gasteiger partial charge in [-0.2, -0.15) is 0 Å². The van der Waals surface area contributed by atoms with Gasteiger partial charge in [-0.3, -0.25) is 38.8 Å². The number of benzene rings is 3. The Bertz CT molecular complexity index is 3330. The number of aliphatic hydroxyl groups is 13. The number of nitrogens with two attached hydrogens (primary N) is 2. The van der Waals surface area contributed by atoms with Crippen molar-refractivity contribution in [1.29, 1.82) is 0 Å². The highest BCUT2D eigenvalue weighted by Gasteiger charge is 2.54. The maximum Gasteiger partial charge on any atom is 0.246 e. The number of rotatable bonds is 21. The van der Waals surface area contributed by atoms with Gasteiger partial charge in [0.1, 0.15) is 127 Å². The van der Waals surface area contributed by atoms with Gasteiger partial charge in [0.25, 0.3) is 0 Å². The fraction of sp³-hybridized carbons (Fsp3) is 0.581. The van der Waals surface area contributed by atoms with Crippen molar-refractivity contribution < 1.29 is 128 Å². The number of hydrogen-bond acceptors (Lipinski definition) is 32. The molecule has 3 aromatic carbocycles. The quantitative estimate of drug-likeness (QED) is 0.0471. The smallest absolute Gasteiger partial charge is 0.246 e. The van der Waals surface area contributed by atoms with E-state index in [-0.39, 0.29) is 37.0 Å². The van der Waals surface area contributed by atoms with Crippen molar-refractivity contribution in [3.8, 4) is 11.5 Å². The summed E-state index contributed by atoms with van der Waals surface area (Å²) in [5.41, 5.74) is 13.6. The van der Waals surface area contributed by atoms with Gasteiger partial charge in [-0.15, -0.1) is 0 Å². The molecule has 0 bridgehead atoms. The number of aliphatic imine (C=N–C) groups is 2. The van der Waals surface area contributed by atoms with Gasteiger partial charge in [0.15, 0.2) is 24.4 Å². The van der Waals surface area contributed by atoms with Crippen LogP contribution >= 0.6 is 0 Å². The van der Waals surface area contributed by atoms with E-state index in [1.807, 2.05) is 0 Å². The molecule has 6 aliphatic heterocycles. The van der Waals surface area contributed by atoms with Crippen LogP contribution in [0.1, 0.15) is 29.5 Å². The van der Waals surface area contributed by atoms with Gasteiger partial charge >= 0.3 is 0 Å². The number of nitrogens with zero attached hydrogens (tertiary/aromatic N) is 3. The van der Waals surface area contributed by atoms with Crippen molar-refractivity contribution in [2.24, 2.45) is 21.5 Å². The molecule has 0 aliphatic carbocycles. The molecule has 100 heavy (non-hydrogen) atoms. The molecule has 24 N–H and O–H groups in total. The maximum absolute atomic E-state index is 15.2. The molecule has 38 nitrogen and oxygen atoms in total. The zero-order valence-corrected chi connectivity index (χ0v) is 53.9. The molecule has 6 aliphatic rings. The van der Waals surface area contributed by atoms with Crippen LogP contribution in [0.4, 0.5) is 0 Å². The molecular formula is C62H86N12O26. The second-order valence-electron chi connectivity index (χ2n) is 24.7. The average molecular weight is 1420 g/mol. The Morgan fingerprint density at radius 3 is 1.81 bits per heavy atom. The number of hydrogen-bond donors (Lipinski definition) is 22. The number of nitrogens with one attached hydrogen (secondary N) is 7. The van der Waals surface area contributed by atoms with Gasteiger partial charge in [0.2, 0.25) is 41.7 Å². The first kappa shape index (κ1) is 76.1. The summed E-state index contributed by atoms with van der Waals surface area (Å²) >= 11 is 0. The number of ether oxygens (including phenoxy) is 7. The van der Waals surface area contributed by atoms with E-state index in [2.05, 4.69) is 47.2 Å². The van der Waals surface area contributed by atoms with Crippen molar-refractivity contribution in [2.75, 3.05) is 53.2 Å². The monoisotopic (exact) mass is 1410 g/mol. The highest BCUT2D eigenvalue weighted by atomic mass is 16.7. The lowest BCUT2D eigenvalue weighted by atomic mass is 9.92. The minimum absolute atomic E-state index is 0.0469. The highest BCUT2D eigenvalue weighted by molar-refractivity contribution is 5.98. The number of methoxy groups -OCH3 is 1. The predicted molar refractivity (Wildman–Crippen MR) is 339 cm³/mol. The Morgan fingerprint density at radius 2 is 1.16 bits per heavy atom. The molecule has 9 rings (SSSR count). The molecule has 0 aromatic heterocycles. The van der Waals surface area contributed by atoms with Crippen LogP contribution in [0.25, 0.3) is 0 Å². The molecular weight excluding hydrogens is 1330 g/mol. The van der Waals surface area contributed by atoms with Crippen LogP contribution in [0.15, 0.2) is 88.8 Å². The van der Waals surface area contributed by atoms with Gasteiger partial charge in [0, 0.05) is 12.3 Å². The Morgan fingerprint density at radius 1 is 0.570 bits per heavy atom. The lowest BCUT2D eigenvalue weighted by molar-refractivity contribution is -0.353. The molecule has 6 amide bonds. The first-order valence-corrected chi connectivity index (χ1v) is 32.0. The van der Waals surface area contributed by atoms with Gasteiger partial charge < -0.3 is 153 Å². The van der Waals surface area contributed by atoms with Crippen LogP contribution in [0, 0.1) is 0 Å². The number of guanidine groups is 2. The van der Waals surface area contributed by atoms with E-state index in [0.717, 1.165) is 10.5 Å². The molecule has 3 aromatic rings. The van der Waals surface area contributed by atoms with E-state index in [1.54, 1.807) is 61.5 Å². The lowest BCUT2D eigenvalue weighted by Crippen LogP contribution is -2.70. The van der Waals surface area contributed by atoms with Gasteiger partial charge in [-0.05, 0) is 41.0 Å². The summed E-state index contributed by atoms with van der Waals surface area (Å²) in [7, 11) is 1.51. The van der Waals surface area contributed by atoms with Crippen molar-refractivity contribution in [3.05, 3.63) is 95.6 Å². The van der Waals surface area contributed by atoms with E-state index in [9.17, 15) is 85.6 Å². The molecule has 0 unspecified atom stereocenters. The van der Waals surface area contributed by atoms with Gasteiger partial charge in [-0.1, -0.05) is 61.5 Å². The summed E-state index contributed by atoms with van der Waals surface area (Å²) in [6.45, 7) is -3.42. The van der Waals surface area contributed by atoms with E-state index in [0.29, 0.717) is 11.3 Å². The zero-order chi connectivity index (χ0) is 72.4. The second-order valence-corrected chi connectivity index (χ2v) is 24.7. The normalized spacial score (nSPS) is 35.2. The topological polar surface area (TPSA) is 594 Å². The van der Waals surface area contributed by atoms with Crippen molar-refractivity contribution in [3.63, 3.8) is 0 Å². The van der Waals surface area contributed by atoms with E-state index >= 15 is 9.59 Å². The third-order valence-corrected chi connectivity index (χ3v) is 18.0. The summed E-state index contributed by atoms with van der Waals surface area (Å²) in [4.78, 5) is 96.5. The third kappa shape index (κ3) is 17.6. The fourth-order valence-electron chi connectivity index (χ4n) is 12.2. The molecule has 0 spiro atoms. The predicted octanol–water partition coefficient (Wildman–Crippen LogP) is -11.4. The van der Waals surface area contributed by atoms with E-state index < -0.39 is 233 Å². The molecule has 38 heteroatoms. The van der Waals surface area contributed by atoms with Crippen molar-refractivity contribution in [2.45, 2.75) is 172 Å². The van der Waals surface area contributed by atoms with Crippen LogP contribution in [-0.4, -0.2) is 318 Å². The minimum atomic E-state index is -2.35. The third-order valence-electron chi connectivity index (χ3n) is 18.0. The van der Waals surface area contributed by atoms with Crippen molar-refractivity contribution >= 4 is 47.4 Å². The molecule has 0 saturated carbocycles. The number of amides is 6. The second kappa shape index (κ2) is 34.0. The molecule has 0 radical (unpaired) electrons. The Kier molecular flexibility index (Phi) is 25.9. The molecule has 4 fully saturated rings. The van der Waals surface area contributed by atoms with E-state index in [1.165, 1.54) is 31.4 Å². The fourth-order valence-corrected chi connectivity index (χ4v) is 12.2. The largest absolute Gasteiger partial charge is 0.497 e. The molecule has 4 saturated heterocycles. The summed E-state index contributed by atoms with van der Waals surface area (Å²) in [6, 6.07) is 7.75. The molecule has 25 atom stereocenters. The first-order chi connectivity index (χ1) is 47.7. The Balaban J connectivity index is 0.976. The Labute approximate surface area is 570 Å². The van der Waals surface area contributed by atoms with Crippen LogP contribution in [0.3, 0.4) is 0 Å². The summed E-state index contributed by atoms with van der Waals surface area (Å²) in [5, 5.41) is 160. The first-order valence-electron chi connectivity index (χ1n) is 32.0. The van der Waals surface area contributed by atoms with Gasteiger partial charge in [0.05, 0.1) is 71.9 Å². The van der Waals surface area contributed by atoms with Crippen molar-refractivity contribution in [1.82, 2.24) is 42.1 Å². The minimum Gasteiger partial charge on any atom is -0.497 e. The van der Waals surface area contributed by atoms with Gasteiger partial charge in [-0.25, -0.2) is 0 Å². The highest BCUT2D eigenvalue weighted by Crippen LogP contribution is 2.33.